The fraction of sp³-hybridized carbons (Fsp3) is 0.500. The SMILES string of the molecule is Cc1ccc(S(=O)(=O)N(C[C@@H]2CCOC2)C2CC2)c2cccnc12. The van der Waals surface area contributed by atoms with E-state index in [2.05, 4.69) is 4.98 Å². The molecular weight excluding hydrogens is 324 g/mol. The Morgan fingerprint density at radius 3 is 2.79 bits per heavy atom. The van der Waals surface area contributed by atoms with Gasteiger partial charge in [-0.2, -0.15) is 4.31 Å². The summed E-state index contributed by atoms with van der Waals surface area (Å²) in [6.45, 7) is 3.92. The van der Waals surface area contributed by atoms with Crippen LogP contribution >= 0.6 is 0 Å². The first-order valence-electron chi connectivity index (χ1n) is 8.51. The third kappa shape index (κ3) is 2.83. The second-order valence-corrected chi connectivity index (χ2v) is 8.67. The number of aromatic nitrogens is 1. The summed E-state index contributed by atoms with van der Waals surface area (Å²) in [6.07, 6.45) is 4.55. The van der Waals surface area contributed by atoms with Gasteiger partial charge in [0.2, 0.25) is 10.0 Å². The summed E-state index contributed by atoms with van der Waals surface area (Å²) in [5.41, 5.74) is 1.75. The van der Waals surface area contributed by atoms with Gasteiger partial charge in [0.15, 0.2) is 0 Å². The molecule has 4 rings (SSSR count). The number of fused-ring (bicyclic) bond motifs is 1. The van der Waals surface area contributed by atoms with Crippen LogP contribution in [0.5, 0.6) is 0 Å². The van der Waals surface area contributed by atoms with Crippen LogP contribution in [0.3, 0.4) is 0 Å². The summed E-state index contributed by atoms with van der Waals surface area (Å²) >= 11 is 0. The minimum absolute atomic E-state index is 0.142. The predicted molar refractivity (Wildman–Crippen MR) is 92.3 cm³/mol. The average Bonchev–Trinajstić information content (AvgIpc) is 3.28. The van der Waals surface area contributed by atoms with E-state index in [9.17, 15) is 8.42 Å². The first-order chi connectivity index (χ1) is 11.6. The molecule has 5 nitrogen and oxygen atoms in total. The summed E-state index contributed by atoms with van der Waals surface area (Å²) < 4.78 is 33.9. The van der Waals surface area contributed by atoms with E-state index in [0.717, 1.165) is 36.9 Å². The molecule has 1 saturated heterocycles. The molecule has 2 aliphatic rings. The van der Waals surface area contributed by atoms with Crippen molar-refractivity contribution in [3.63, 3.8) is 0 Å². The summed E-state index contributed by atoms with van der Waals surface area (Å²) in [5.74, 6) is 0.301. The smallest absolute Gasteiger partial charge is 0.244 e. The molecule has 128 valence electrons. The van der Waals surface area contributed by atoms with Crippen LogP contribution < -0.4 is 0 Å². The van der Waals surface area contributed by atoms with Crippen molar-refractivity contribution in [3.05, 3.63) is 36.0 Å². The number of pyridine rings is 1. The Morgan fingerprint density at radius 1 is 1.25 bits per heavy atom. The molecule has 0 bridgehead atoms. The second kappa shape index (κ2) is 6.10. The van der Waals surface area contributed by atoms with Crippen molar-refractivity contribution in [2.45, 2.75) is 37.1 Å². The maximum atomic E-state index is 13.4. The maximum absolute atomic E-state index is 13.4. The Hall–Kier alpha value is -1.50. The lowest BCUT2D eigenvalue weighted by molar-refractivity contribution is 0.180. The van der Waals surface area contributed by atoms with Crippen LogP contribution in [0.2, 0.25) is 0 Å². The van der Waals surface area contributed by atoms with Crippen LogP contribution in [-0.2, 0) is 14.8 Å². The Bertz CT molecular complexity index is 856. The van der Waals surface area contributed by atoms with Gasteiger partial charge >= 0.3 is 0 Å². The Morgan fingerprint density at radius 2 is 2.08 bits per heavy atom. The zero-order valence-corrected chi connectivity index (χ0v) is 14.6. The van der Waals surface area contributed by atoms with Crippen molar-refractivity contribution in [2.75, 3.05) is 19.8 Å². The summed E-state index contributed by atoms with van der Waals surface area (Å²) in [4.78, 5) is 4.75. The highest BCUT2D eigenvalue weighted by Gasteiger charge is 2.40. The molecule has 1 aliphatic carbocycles. The molecule has 2 heterocycles. The molecule has 0 radical (unpaired) electrons. The molecule has 0 N–H and O–H groups in total. The molecule has 1 aromatic carbocycles. The minimum atomic E-state index is -3.53. The molecule has 0 amide bonds. The molecule has 2 aromatic rings. The van der Waals surface area contributed by atoms with Gasteiger partial charge in [-0.15, -0.1) is 0 Å². The molecule has 24 heavy (non-hydrogen) atoms. The van der Waals surface area contributed by atoms with E-state index in [1.807, 2.05) is 19.1 Å². The van der Waals surface area contributed by atoms with Crippen molar-refractivity contribution in [2.24, 2.45) is 5.92 Å². The van der Waals surface area contributed by atoms with E-state index in [1.54, 1.807) is 22.6 Å². The molecule has 1 atom stereocenters. The van der Waals surface area contributed by atoms with Gasteiger partial charge in [-0.25, -0.2) is 8.42 Å². The number of ether oxygens (including phenoxy) is 1. The standard InChI is InChI=1S/C18H22N2O3S/c1-13-4-7-17(16-3-2-9-19-18(13)16)24(21,22)20(15-5-6-15)11-14-8-10-23-12-14/h2-4,7,9,14-15H,5-6,8,10-12H2,1H3/t14-/m0/s1. The van der Waals surface area contributed by atoms with Crippen LogP contribution in [-0.4, -0.2) is 43.5 Å². The van der Waals surface area contributed by atoms with Gasteiger partial charge in [-0.05, 0) is 55.9 Å². The van der Waals surface area contributed by atoms with E-state index in [-0.39, 0.29) is 6.04 Å². The quantitative estimate of drug-likeness (QED) is 0.835. The highest BCUT2D eigenvalue weighted by molar-refractivity contribution is 7.89. The molecule has 0 unspecified atom stereocenters. The molecule has 0 spiro atoms. The van der Waals surface area contributed by atoms with Crippen LogP contribution in [0.4, 0.5) is 0 Å². The average molecular weight is 346 g/mol. The molecule has 1 aliphatic heterocycles. The lowest BCUT2D eigenvalue weighted by atomic mass is 10.1. The number of hydrogen-bond acceptors (Lipinski definition) is 4. The van der Waals surface area contributed by atoms with Crippen molar-refractivity contribution < 1.29 is 13.2 Å². The summed E-state index contributed by atoms with van der Waals surface area (Å²) in [5, 5.41) is 0.714. The van der Waals surface area contributed by atoms with Crippen molar-refractivity contribution in [1.82, 2.24) is 9.29 Å². The highest BCUT2D eigenvalue weighted by Crippen LogP contribution is 2.36. The molecule has 1 saturated carbocycles. The zero-order valence-electron chi connectivity index (χ0n) is 13.8. The molecule has 1 aromatic heterocycles. The Labute approximate surface area is 142 Å². The van der Waals surface area contributed by atoms with Crippen molar-refractivity contribution >= 4 is 20.9 Å². The Kier molecular flexibility index (Phi) is 4.06. The van der Waals surface area contributed by atoms with Gasteiger partial charge in [0, 0.05) is 30.8 Å². The monoisotopic (exact) mass is 346 g/mol. The zero-order chi connectivity index (χ0) is 16.7. The van der Waals surface area contributed by atoms with Gasteiger partial charge in [-0.1, -0.05) is 6.07 Å². The van der Waals surface area contributed by atoms with E-state index >= 15 is 0 Å². The second-order valence-electron chi connectivity index (χ2n) is 6.82. The van der Waals surface area contributed by atoms with E-state index < -0.39 is 10.0 Å². The number of hydrogen-bond donors (Lipinski definition) is 0. The van der Waals surface area contributed by atoms with Crippen molar-refractivity contribution in [1.29, 1.82) is 0 Å². The fourth-order valence-electron chi connectivity index (χ4n) is 3.43. The van der Waals surface area contributed by atoms with E-state index in [4.69, 9.17) is 4.74 Å². The van der Waals surface area contributed by atoms with Crippen LogP contribution in [0.25, 0.3) is 10.9 Å². The number of aryl methyl sites for hydroxylation is 1. The van der Waals surface area contributed by atoms with Gasteiger partial charge in [0.05, 0.1) is 17.0 Å². The first-order valence-corrected chi connectivity index (χ1v) is 9.95. The molecule has 6 heteroatoms. The van der Waals surface area contributed by atoms with Gasteiger partial charge in [0.25, 0.3) is 0 Å². The first kappa shape index (κ1) is 16.0. The number of benzene rings is 1. The van der Waals surface area contributed by atoms with Gasteiger partial charge < -0.3 is 4.74 Å². The van der Waals surface area contributed by atoms with Gasteiger partial charge in [-0.3, -0.25) is 4.98 Å². The number of nitrogens with zero attached hydrogens (tertiary/aromatic N) is 2. The normalized spacial score (nSPS) is 21.7. The number of rotatable bonds is 5. The minimum Gasteiger partial charge on any atom is -0.381 e. The topological polar surface area (TPSA) is 59.5 Å². The third-order valence-corrected chi connectivity index (χ3v) is 6.91. The van der Waals surface area contributed by atoms with E-state index in [1.165, 1.54) is 0 Å². The molecular formula is C18H22N2O3S. The number of sulfonamides is 1. The predicted octanol–water partition coefficient (Wildman–Crippen LogP) is 2.73. The third-order valence-electron chi connectivity index (χ3n) is 4.93. The van der Waals surface area contributed by atoms with Crippen LogP contribution in [0.15, 0.2) is 35.4 Å². The molecule has 2 fully saturated rings. The maximum Gasteiger partial charge on any atom is 0.244 e. The lowest BCUT2D eigenvalue weighted by Gasteiger charge is -2.25. The van der Waals surface area contributed by atoms with Crippen molar-refractivity contribution in [3.8, 4) is 0 Å². The van der Waals surface area contributed by atoms with Crippen LogP contribution in [0.1, 0.15) is 24.8 Å². The summed E-state index contributed by atoms with van der Waals surface area (Å²) in [7, 11) is -3.53. The largest absolute Gasteiger partial charge is 0.381 e. The van der Waals surface area contributed by atoms with E-state index in [0.29, 0.717) is 29.4 Å². The highest BCUT2D eigenvalue weighted by atomic mass is 32.2. The fourth-order valence-corrected chi connectivity index (χ4v) is 5.37. The van der Waals surface area contributed by atoms with Crippen LogP contribution in [0, 0.1) is 12.8 Å². The van der Waals surface area contributed by atoms with Gasteiger partial charge in [0.1, 0.15) is 0 Å². The summed E-state index contributed by atoms with van der Waals surface area (Å²) in [6, 6.07) is 7.38. The Balaban J connectivity index is 1.77. The lowest BCUT2D eigenvalue weighted by Crippen LogP contribution is -2.37.